The van der Waals surface area contributed by atoms with E-state index >= 15 is 0 Å². The number of rotatable bonds is 7. The van der Waals surface area contributed by atoms with Crippen LogP contribution in [0.3, 0.4) is 0 Å². The summed E-state index contributed by atoms with van der Waals surface area (Å²) in [7, 11) is 0. The van der Waals surface area contributed by atoms with E-state index in [0.717, 1.165) is 5.01 Å². The Kier molecular flexibility index (Phi) is 6.14. The van der Waals surface area contributed by atoms with Gasteiger partial charge in [-0.15, -0.1) is 22.0 Å². The number of thioether (sulfide) groups is 2. The van der Waals surface area contributed by atoms with Gasteiger partial charge < -0.3 is 20.4 Å². The summed E-state index contributed by atoms with van der Waals surface area (Å²) >= 11 is 3.98. The van der Waals surface area contributed by atoms with Crippen LogP contribution in [0.15, 0.2) is 28.6 Å². The van der Waals surface area contributed by atoms with Gasteiger partial charge in [-0.05, 0) is 19.1 Å². The number of fused-ring (bicyclic) bond motifs is 1. The van der Waals surface area contributed by atoms with Crippen LogP contribution in [0, 0.1) is 12.3 Å². The SMILES string of the molecule is Cc1nnc(SCC2(C(=O)O)CS[C@@H]3C(NC(=O)c4ccccc4C(=O)O)C(=O)N3C2)s1. The van der Waals surface area contributed by atoms with Gasteiger partial charge in [-0.3, -0.25) is 14.4 Å². The maximum Gasteiger partial charge on any atom is 0.336 e. The highest BCUT2D eigenvalue weighted by Crippen LogP contribution is 2.44. The fourth-order valence-electron chi connectivity index (χ4n) is 3.53. The molecule has 3 atom stereocenters. The van der Waals surface area contributed by atoms with Gasteiger partial charge in [-0.2, -0.15) is 0 Å². The summed E-state index contributed by atoms with van der Waals surface area (Å²) < 4.78 is 0.674. The molecule has 2 unspecified atom stereocenters. The largest absolute Gasteiger partial charge is 0.481 e. The Morgan fingerprint density at radius 3 is 2.59 bits per heavy atom. The van der Waals surface area contributed by atoms with Crippen LogP contribution in [-0.2, 0) is 9.59 Å². The second-order valence-electron chi connectivity index (χ2n) is 7.43. The maximum absolute atomic E-state index is 12.7. The van der Waals surface area contributed by atoms with Crippen molar-refractivity contribution in [3.8, 4) is 0 Å². The van der Waals surface area contributed by atoms with Crippen LogP contribution in [0.2, 0.25) is 0 Å². The number of amides is 2. The molecule has 0 radical (unpaired) electrons. The van der Waals surface area contributed by atoms with Gasteiger partial charge in [0, 0.05) is 18.1 Å². The van der Waals surface area contributed by atoms with E-state index in [1.165, 1.54) is 58.0 Å². The van der Waals surface area contributed by atoms with Crippen molar-refractivity contribution >= 4 is 58.6 Å². The number of aromatic nitrogens is 2. The summed E-state index contributed by atoms with van der Waals surface area (Å²) in [6, 6.07) is 4.93. The lowest BCUT2D eigenvalue weighted by molar-refractivity contribution is -0.156. The third-order valence-electron chi connectivity index (χ3n) is 5.27. The molecule has 1 aromatic heterocycles. The first-order valence-electron chi connectivity index (χ1n) is 9.43. The van der Waals surface area contributed by atoms with E-state index in [-0.39, 0.29) is 35.1 Å². The fraction of sp³-hybridized carbons (Fsp3) is 0.368. The number of carbonyl (C=O) groups excluding carboxylic acids is 2. The number of aromatic carboxylic acids is 1. The van der Waals surface area contributed by atoms with E-state index in [2.05, 4.69) is 15.5 Å². The van der Waals surface area contributed by atoms with E-state index < -0.39 is 34.7 Å². The first-order valence-corrected chi connectivity index (χ1v) is 12.3. The number of benzene rings is 1. The van der Waals surface area contributed by atoms with Crippen molar-refractivity contribution in [3.63, 3.8) is 0 Å². The molecule has 2 aromatic rings. The van der Waals surface area contributed by atoms with Gasteiger partial charge in [0.05, 0.1) is 11.1 Å². The maximum atomic E-state index is 12.7. The molecule has 2 saturated heterocycles. The Balaban J connectivity index is 1.43. The van der Waals surface area contributed by atoms with E-state index in [1.54, 1.807) is 6.07 Å². The molecule has 32 heavy (non-hydrogen) atoms. The van der Waals surface area contributed by atoms with Gasteiger partial charge in [-0.1, -0.05) is 35.2 Å². The van der Waals surface area contributed by atoms with Gasteiger partial charge >= 0.3 is 11.9 Å². The minimum Gasteiger partial charge on any atom is -0.481 e. The molecule has 0 saturated carbocycles. The molecule has 0 aliphatic carbocycles. The van der Waals surface area contributed by atoms with Gasteiger partial charge in [-0.25, -0.2) is 4.79 Å². The van der Waals surface area contributed by atoms with Crippen LogP contribution in [-0.4, -0.2) is 78.5 Å². The summed E-state index contributed by atoms with van der Waals surface area (Å²) in [6.07, 6.45) is 0. The Morgan fingerprint density at radius 2 is 1.97 bits per heavy atom. The third kappa shape index (κ3) is 4.07. The number of nitrogens with one attached hydrogen (secondary N) is 1. The van der Waals surface area contributed by atoms with Gasteiger partial charge in [0.15, 0.2) is 4.34 Å². The lowest BCUT2D eigenvalue weighted by Gasteiger charge is -2.53. The van der Waals surface area contributed by atoms with Crippen molar-refractivity contribution < 1.29 is 29.4 Å². The van der Waals surface area contributed by atoms with Crippen LogP contribution >= 0.6 is 34.9 Å². The molecular formula is C19H18N4O6S3. The molecule has 10 nitrogen and oxygen atoms in total. The lowest BCUT2D eigenvalue weighted by atomic mass is 9.89. The number of carboxylic acids is 2. The van der Waals surface area contributed by atoms with Gasteiger partial charge in [0.25, 0.3) is 5.91 Å². The Hall–Kier alpha value is -2.64. The number of hydrogen-bond acceptors (Lipinski definition) is 9. The third-order valence-corrected chi connectivity index (χ3v) is 9.12. The van der Waals surface area contributed by atoms with E-state index in [1.807, 2.05) is 6.92 Å². The summed E-state index contributed by atoms with van der Waals surface area (Å²) in [5.74, 6) is -2.76. The molecule has 3 N–H and O–H groups in total. The number of β-lactam (4-membered cyclic amide) rings is 1. The standard InChI is InChI=1S/C19H18N4O6S3/c1-9-21-22-18(32-9)31-8-19(17(28)29)6-23-14(25)12(15(23)30-7-19)20-13(24)10-4-2-3-5-11(10)16(26)27/h2-5,12,15H,6-8H2,1H3,(H,20,24)(H,26,27)(H,28,29)/t12?,15-,19?/m1/s1. The van der Waals surface area contributed by atoms with Crippen molar-refractivity contribution in [1.29, 1.82) is 0 Å². The summed E-state index contributed by atoms with van der Waals surface area (Å²) in [4.78, 5) is 50.3. The summed E-state index contributed by atoms with van der Waals surface area (Å²) in [5, 5.41) is 30.1. The second-order valence-corrected chi connectivity index (χ2v) is 10.9. The molecule has 2 aliphatic rings. The zero-order valence-corrected chi connectivity index (χ0v) is 19.1. The van der Waals surface area contributed by atoms with Gasteiger partial charge in [0.1, 0.15) is 21.8 Å². The Morgan fingerprint density at radius 1 is 1.25 bits per heavy atom. The van der Waals surface area contributed by atoms with Gasteiger partial charge in [0.2, 0.25) is 5.91 Å². The number of hydrogen-bond donors (Lipinski definition) is 3. The van der Waals surface area contributed by atoms with Crippen molar-refractivity contribution in [2.24, 2.45) is 5.41 Å². The second kappa shape index (κ2) is 8.71. The summed E-state index contributed by atoms with van der Waals surface area (Å²) in [6.45, 7) is 1.85. The van der Waals surface area contributed by atoms with Crippen molar-refractivity contribution in [2.45, 2.75) is 22.7 Å². The molecular weight excluding hydrogens is 476 g/mol. The number of nitrogens with zero attached hydrogens (tertiary/aromatic N) is 3. The predicted octanol–water partition coefficient (Wildman–Crippen LogP) is 1.42. The predicted molar refractivity (Wildman–Crippen MR) is 118 cm³/mol. The molecule has 4 rings (SSSR count). The molecule has 0 bridgehead atoms. The molecule has 2 fully saturated rings. The van der Waals surface area contributed by atoms with Crippen LogP contribution in [0.5, 0.6) is 0 Å². The fourth-order valence-corrected chi connectivity index (χ4v) is 7.21. The molecule has 13 heteroatoms. The van der Waals surface area contributed by atoms with Crippen molar-refractivity contribution in [1.82, 2.24) is 20.4 Å². The Labute approximate surface area is 194 Å². The highest BCUT2D eigenvalue weighted by Gasteiger charge is 2.57. The minimum atomic E-state index is -1.24. The lowest BCUT2D eigenvalue weighted by Crippen LogP contribution is -2.74. The monoisotopic (exact) mass is 494 g/mol. The molecule has 1 aromatic carbocycles. The normalized spacial score (nSPS) is 24.4. The van der Waals surface area contributed by atoms with Crippen LogP contribution in [0.25, 0.3) is 0 Å². The topological polar surface area (TPSA) is 150 Å². The number of carbonyl (C=O) groups is 4. The van der Waals surface area contributed by atoms with Crippen LogP contribution in [0.1, 0.15) is 25.7 Å². The smallest absolute Gasteiger partial charge is 0.336 e. The summed E-state index contributed by atoms with van der Waals surface area (Å²) in [5.41, 5.74) is -1.33. The zero-order valence-electron chi connectivity index (χ0n) is 16.7. The van der Waals surface area contributed by atoms with E-state index in [4.69, 9.17) is 0 Å². The quantitative estimate of drug-likeness (QED) is 0.381. The van der Waals surface area contributed by atoms with Crippen molar-refractivity contribution in [3.05, 3.63) is 40.4 Å². The zero-order chi connectivity index (χ0) is 23.0. The van der Waals surface area contributed by atoms with Crippen molar-refractivity contribution in [2.75, 3.05) is 18.1 Å². The first-order chi connectivity index (χ1) is 15.2. The molecule has 0 spiro atoms. The number of aliphatic carboxylic acids is 1. The highest BCUT2D eigenvalue weighted by atomic mass is 32.2. The highest BCUT2D eigenvalue weighted by molar-refractivity contribution is 8.01. The molecule has 2 amide bonds. The number of carboxylic acid groups (broad SMARTS) is 2. The average Bonchev–Trinajstić information content (AvgIpc) is 3.20. The number of aryl methyl sites for hydroxylation is 1. The minimum absolute atomic E-state index is 0.0295. The Bertz CT molecular complexity index is 1110. The molecule has 2 aliphatic heterocycles. The average molecular weight is 495 g/mol. The van der Waals surface area contributed by atoms with E-state index in [0.29, 0.717) is 4.34 Å². The molecule has 3 heterocycles. The molecule has 168 valence electrons. The van der Waals surface area contributed by atoms with Crippen LogP contribution in [0.4, 0.5) is 0 Å². The van der Waals surface area contributed by atoms with E-state index in [9.17, 15) is 29.4 Å². The first kappa shape index (κ1) is 22.6. The van der Waals surface area contributed by atoms with Crippen LogP contribution < -0.4 is 5.32 Å².